The number of rotatable bonds is 5. The summed E-state index contributed by atoms with van der Waals surface area (Å²) in [6.45, 7) is 1.95. The van der Waals surface area contributed by atoms with Gasteiger partial charge in [-0.1, -0.05) is 42.5 Å². The van der Waals surface area contributed by atoms with Gasteiger partial charge in [-0.3, -0.25) is 0 Å². The van der Waals surface area contributed by atoms with Gasteiger partial charge in [-0.2, -0.15) is 5.10 Å². The number of benzene rings is 2. The summed E-state index contributed by atoms with van der Waals surface area (Å²) < 4.78 is 12.0. The van der Waals surface area contributed by atoms with Crippen molar-refractivity contribution in [1.29, 1.82) is 0 Å². The summed E-state index contributed by atoms with van der Waals surface area (Å²) in [5.74, 6) is 0.0505. The number of ether oxygens (including phenoxy) is 2. The predicted molar refractivity (Wildman–Crippen MR) is 102 cm³/mol. The van der Waals surface area contributed by atoms with Crippen molar-refractivity contribution in [3.05, 3.63) is 77.1 Å². The topological polar surface area (TPSA) is 53.4 Å². The molecule has 0 atom stereocenters. The fraction of sp³-hybridized carbons (Fsp3) is 0.143. The maximum absolute atomic E-state index is 12.1. The number of hydrogen-bond donors (Lipinski definition) is 0. The van der Waals surface area contributed by atoms with Gasteiger partial charge in [0.2, 0.25) is 0 Å². The molecule has 0 aliphatic carbocycles. The van der Waals surface area contributed by atoms with E-state index in [1.54, 1.807) is 6.07 Å². The monoisotopic (exact) mass is 348 g/mol. The van der Waals surface area contributed by atoms with Crippen LogP contribution in [0.1, 0.15) is 27.2 Å². The van der Waals surface area contributed by atoms with Crippen LogP contribution in [0.25, 0.3) is 17.8 Å². The molecule has 0 fully saturated rings. The fourth-order valence-corrected chi connectivity index (χ4v) is 2.71. The highest BCUT2D eigenvalue weighted by atomic mass is 16.5. The third kappa shape index (κ3) is 3.52. The molecule has 0 N–H and O–H groups in total. The quantitative estimate of drug-likeness (QED) is 0.650. The second-order valence-corrected chi connectivity index (χ2v) is 5.70. The van der Waals surface area contributed by atoms with Gasteiger partial charge in [0.25, 0.3) is 0 Å². The predicted octanol–water partition coefficient (Wildman–Crippen LogP) is 4.15. The SMILES string of the molecule is COC(=O)c1c(/C=C/c2cn(-c3ccccc3)nc2C)cccc1OC. The number of nitrogens with zero attached hydrogens (tertiary/aromatic N) is 2. The Bertz CT molecular complexity index is 943. The Balaban J connectivity index is 1.96. The Morgan fingerprint density at radius 2 is 1.73 bits per heavy atom. The lowest BCUT2D eigenvalue weighted by atomic mass is 10.0. The molecule has 0 unspecified atom stereocenters. The van der Waals surface area contributed by atoms with Crippen LogP contribution < -0.4 is 4.74 Å². The van der Waals surface area contributed by atoms with Crippen molar-refractivity contribution in [3.8, 4) is 11.4 Å². The Hall–Kier alpha value is -3.34. The van der Waals surface area contributed by atoms with Gasteiger partial charge in [0.15, 0.2) is 0 Å². The van der Waals surface area contributed by atoms with Gasteiger partial charge < -0.3 is 9.47 Å². The molecule has 5 nitrogen and oxygen atoms in total. The first-order chi connectivity index (χ1) is 12.6. The second-order valence-electron chi connectivity index (χ2n) is 5.70. The van der Waals surface area contributed by atoms with E-state index in [0.29, 0.717) is 11.3 Å². The number of para-hydroxylation sites is 1. The summed E-state index contributed by atoms with van der Waals surface area (Å²) in [7, 11) is 2.89. The number of aryl methyl sites for hydroxylation is 1. The lowest BCUT2D eigenvalue weighted by molar-refractivity contribution is 0.0597. The normalized spacial score (nSPS) is 10.9. The molecule has 2 aromatic carbocycles. The maximum Gasteiger partial charge on any atom is 0.342 e. The molecule has 0 saturated heterocycles. The summed E-state index contributed by atoms with van der Waals surface area (Å²) in [6, 6.07) is 15.3. The summed E-state index contributed by atoms with van der Waals surface area (Å²) in [6.07, 6.45) is 5.76. The summed E-state index contributed by atoms with van der Waals surface area (Å²) in [5.41, 5.74) is 3.98. The van der Waals surface area contributed by atoms with Crippen LogP contribution in [0.15, 0.2) is 54.7 Å². The van der Waals surface area contributed by atoms with Crippen LogP contribution in [0.4, 0.5) is 0 Å². The first-order valence-corrected chi connectivity index (χ1v) is 8.19. The molecular formula is C21H20N2O3. The van der Waals surface area contributed by atoms with E-state index >= 15 is 0 Å². The minimum atomic E-state index is -0.432. The zero-order chi connectivity index (χ0) is 18.5. The fourth-order valence-electron chi connectivity index (χ4n) is 2.71. The smallest absolute Gasteiger partial charge is 0.342 e. The zero-order valence-corrected chi connectivity index (χ0v) is 15.0. The minimum Gasteiger partial charge on any atom is -0.496 e. The molecule has 3 rings (SSSR count). The zero-order valence-electron chi connectivity index (χ0n) is 15.0. The van der Waals surface area contributed by atoms with E-state index in [1.807, 2.05) is 72.4 Å². The standard InChI is InChI=1S/C21H20N2O3/c1-15-17(14-23(22-15)18-9-5-4-6-10-18)13-12-16-8-7-11-19(25-2)20(16)21(24)26-3/h4-14H,1-3H3/b13-12+. The molecule has 26 heavy (non-hydrogen) atoms. The highest BCUT2D eigenvalue weighted by Gasteiger charge is 2.16. The largest absolute Gasteiger partial charge is 0.496 e. The molecule has 132 valence electrons. The number of carbonyl (C=O) groups is 1. The van der Waals surface area contributed by atoms with Gasteiger partial charge >= 0.3 is 5.97 Å². The van der Waals surface area contributed by atoms with E-state index in [9.17, 15) is 4.79 Å². The number of aromatic nitrogens is 2. The van der Waals surface area contributed by atoms with E-state index in [-0.39, 0.29) is 0 Å². The number of methoxy groups -OCH3 is 2. The first-order valence-electron chi connectivity index (χ1n) is 8.19. The molecular weight excluding hydrogens is 328 g/mol. The van der Waals surface area contributed by atoms with Gasteiger partial charge in [0.1, 0.15) is 11.3 Å². The van der Waals surface area contributed by atoms with E-state index in [1.165, 1.54) is 14.2 Å². The summed E-state index contributed by atoms with van der Waals surface area (Å²) >= 11 is 0. The second kappa shape index (κ2) is 7.70. The molecule has 0 spiro atoms. The molecule has 1 aromatic heterocycles. The van der Waals surface area contributed by atoms with Crippen LogP contribution in [0.3, 0.4) is 0 Å². The van der Waals surface area contributed by atoms with E-state index in [0.717, 1.165) is 22.5 Å². The van der Waals surface area contributed by atoms with Crippen LogP contribution in [0.2, 0.25) is 0 Å². The molecule has 1 heterocycles. The van der Waals surface area contributed by atoms with Gasteiger partial charge in [-0.05, 0) is 30.7 Å². The van der Waals surface area contributed by atoms with Crippen molar-refractivity contribution in [1.82, 2.24) is 9.78 Å². The van der Waals surface area contributed by atoms with Crippen LogP contribution >= 0.6 is 0 Å². The highest BCUT2D eigenvalue weighted by molar-refractivity contribution is 5.97. The third-order valence-electron chi connectivity index (χ3n) is 4.07. The maximum atomic E-state index is 12.1. The van der Waals surface area contributed by atoms with Gasteiger partial charge in [-0.25, -0.2) is 9.48 Å². The van der Waals surface area contributed by atoms with Crippen molar-refractivity contribution < 1.29 is 14.3 Å². The average molecular weight is 348 g/mol. The number of hydrogen-bond acceptors (Lipinski definition) is 4. The summed E-state index contributed by atoms with van der Waals surface area (Å²) in [4.78, 5) is 12.1. The average Bonchev–Trinajstić information content (AvgIpc) is 3.06. The van der Waals surface area contributed by atoms with E-state index < -0.39 is 5.97 Å². The van der Waals surface area contributed by atoms with Crippen LogP contribution in [-0.4, -0.2) is 30.0 Å². The van der Waals surface area contributed by atoms with Crippen molar-refractivity contribution in [3.63, 3.8) is 0 Å². The summed E-state index contributed by atoms with van der Waals surface area (Å²) in [5, 5.41) is 4.55. The third-order valence-corrected chi connectivity index (χ3v) is 4.07. The van der Waals surface area contributed by atoms with Crippen molar-refractivity contribution in [2.45, 2.75) is 6.92 Å². The molecule has 3 aromatic rings. The van der Waals surface area contributed by atoms with Crippen molar-refractivity contribution in [2.75, 3.05) is 14.2 Å². The van der Waals surface area contributed by atoms with E-state index in [4.69, 9.17) is 9.47 Å². The Labute approximate surface area is 152 Å². The van der Waals surface area contributed by atoms with Gasteiger partial charge in [0.05, 0.1) is 25.6 Å². The molecule has 0 bridgehead atoms. The highest BCUT2D eigenvalue weighted by Crippen LogP contribution is 2.25. The van der Waals surface area contributed by atoms with Crippen LogP contribution in [0, 0.1) is 6.92 Å². The Morgan fingerprint density at radius 3 is 2.42 bits per heavy atom. The number of carbonyl (C=O) groups excluding carboxylic acids is 1. The van der Waals surface area contributed by atoms with Crippen molar-refractivity contribution in [2.24, 2.45) is 0 Å². The Kier molecular flexibility index (Phi) is 5.17. The molecule has 0 aliphatic heterocycles. The minimum absolute atomic E-state index is 0.404. The lowest BCUT2D eigenvalue weighted by Crippen LogP contribution is -2.06. The molecule has 0 saturated carbocycles. The number of esters is 1. The molecule has 0 amide bonds. The Morgan fingerprint density at radius 1 is 1.00 bits per heavy atom. The first kappa shape index (κ1) is 17.5. The van der Waals surface area contributed by atoms with E-state index in [2.05, 4.69) is 5.10 Å². The van der Waals surface area contributed by atoms with Crippen LogP contribution in [0.5, 0.6) is 5.75 Å². The lowest BCUT2D eigenvalue weighted by Gasteiger charge is -2.09. The molecule has 0 radical (unpaired) electrons. The van der Waals surface area contributed by atoms with Gasteiger partial charge in [-0.15, -0.1) is 0 Å². The molecule has 0 aliphatic rings. The van der Waals surface area contributed by atoms with Crippen LogP contribution in [-0.2, 0) is 4.74 Å². The van der Waals surface area contributed by atoms with Crippen molar-refractivity contribution >= 4 is 18.1 Å². The molecule has 5 heteroatoms. The van der Waals surface area contributed by atoms with Gasteiger partial charge in [0, 0.05) is 11.8 Å².